The fourth-order valence-electron chi connectivity index (χ4n) is 1.79. The normalized spacial score (nSPS) is 12.6. The van der Waals surface area contributed by atoms with Gasteiger partial charge in [-0.15, -0.1) is 0 Å². The highest BCUT2D eigenvalue weighted by Crippen LogP contribution is 2.17. The van der Waals surface area contributed by atoms with Gasteiger partial charge in [0.1, 0.15) is 0 Å². The molecular formula is C14H18N2O. The third kappa shape index (κ3) is 2.49. The fraction of sp³-hybridized carbons (Fsp3) is 0.357. The van der Waals surface area contributed by atoms with Crippen molar-refractivity contribution in [1.82, 2.24) is 10.3 Å². The van der Waals surface area contributed by atoms with E-state index in [0.717, 1.165) is 29.4 Å². The molecule has 3 nitrogen and oxygen atoms in total. The molecule has 2 rings (SSSR count). The van der Waals surface area contributed by atoms with Crippen molar-refractivity contribution in [3.05, 3.63) is 36.0 Å². The van der Waals surface area contributed by atoms with Gasteiger partial charge in [-0.3, -0.25) is 4.79 Å². The molecule has 0 aliphatic carbocycles. The number of nitrogens with one attached hydrogen (secondary N) is 2. The molecule has 1 unspecified atom stereocenters. The van der Waals surface area contributed by atoms with Crippen molar-refractivity contribution in [2.75, 3.05) is 6.54 Å². The number of H-pyrrole nitrogens is 1. The van der Waals surface area contributed by atoms with Crippen LogP contribution in [-0.4, -0.2) is 17.4 Å². The predicted octanol–water partition coefficient (Wildman–Crippen LogP) is 2.94. The fourth-order valence-corrected chi connectivity index (χ4v) is 1.79. The summed E-state index contributed by atoms with van der Waals surface area (Å²) in [7, 11) is 0. The second-order valence-electron chi connectivity index (χ2n) is 4.47. The summed E-state index contributed by atoms with van der Waals surface area (Å²) in [5.41, 5.74) is 1.74. The zero-order valence-corrected chi connectivity index (χ0v) is 10.3. The van der Waals surface area contributed by atoms with E-state index < -0.39 is 0 Å². The van der Waals surface area contributed by atoms with Crippen LogP contribution in [0.1, 0.15) is 30.6 Å². The summed E-state index contributed by atoms with van der Waals surface area (Å²) in [5.74, 6) is 0.528. The molecule has 0 saturated heterocycles. The highest BCUT2D eigenvalue weighted by molar-refractivity contribution is 6.06. The number of carbonyl (C=O) groups is 1. The third-order valence-corrected chi connectivity index (χ3v) is 3.15. The van der Waals surface area contributed by atoms with Crippen molar-refractivity contribution in [2.45, 2.75) is 20.3 Å². The van der Waals surface area contributed by atoms with Gasteiger partial charge < -0.3 is 10.3 Å². The molecule has 3 heteroatoms. The van der Waals surface area contributed by atoms with E-state index in [1.807, 2.05) is 30.5 Å². The Morgan fingerprint density at radius 1 is 1.41 bits per heavy atom. The predicted molar refractivity (Wildman–Crippen MR) is 70.1 cm³/mol. The Morgan fingerprint density at radius 2 is 2.24 bits per heavy atom. The minimum atomic E-state index is 0.00972. The zero-order valence-electron chi connectivity index (χ0n) is 10.3. The number of hydrogen-bond acceptors (Lipinski definition) is 1. The number of fused-ring (bicyclic) bond motifs is 1. The maximum Gasteiger partial charge on any atom is 0.251 e. The van der Waals surface area contributed by atoms with E-state index in [1.165, 1.54) is 0 Å². The van der Waals surface area contributed by atoms with Crippen molar-refractivity contribution in [2.24, 2.45) is 5.92 Å². The van der Waals surface area contributed by atoms with Gasteiger partial charge in [0.05, 0.1) is 0 Å². The number of aromatic nitrogens is 1. The first-order chi connectivity index (χ1) is 8.22. The van der Waals surface area contributed by atoms with Gasteiger partial charge in [0.15, 0.2) is 0 Å². The van der Waals surface area contributed by atoms with Gasteiger partial charge in [-0.2, -0.15) is 0 Å². The van der Waals surface area contributed by atoms with Crippen molar-refractivity contribution in [1.29, 1.82) is 0 Å². The first-order valence-electron chi connectivity index (χ1n) is 6.06. The van der Waals surface area contributed by atoms with Crippen LogP contribution >= 0.6 is 0 Å². The summed E-state index contributed by atoms with van der Waals surface area (Å²) >= 11 is 0. The monoisotopic (exact) mass is 230 g/mol. The van der Waals surface area contributed by atoms with Gasteiger partial charge in [0, 0.05) is 29.2 Å². The van der Waals surface area contributed by atoms with Gasteiger partial charge in [-0.1, -0.05) is 26.3 Å². The lowest BCUT2D eigenvalue weighted by molar-refractivity contribution is 0.0949. The molecule has 0 fully saturated rings. The largest absolute Gasteiger partial charge is 0.361 e. The molecule has 0 bridgehead atoms. The van der Waals surface area contributed by atoms with Crippen molar-refractivity contribution < 1.29 is 4.79 Å². The molecule has 1 aromatic carbocycles. The quantitative estimate of drug-likeness (QED) is 0.833. The molecule has 2 aromatic rings. The van der Waals surface area contributed by atoms with E-state index in [9.17, 15) is 4.79 Å². The lowest BCUT2D eigenvalue weighted by Crippen LogP contribution is -2.28. The first kappa shape index (κ1) is 11.7. The van der Waals surface area contributed by atoms with Crippen LogP contribution in [0.25, 0.3) is 10.9 Å². The van der Waals surface area contributed by atoms with Crippen LogP contribution < -0.4 is 5.32 Å². The maximum absolute atomic E-state index is 12.1. The molecule has 1 heterocycles. The van der Waals surface area contributed by atoms with E-state index in [1.54, 1.807) is 0 Å². The van der Waals surface area contributed by atoms with Gasteiger partial charge in [-0.25, -0.2) is 0 Å². The summed E-state index contributed by atoms with van der Waals surface area (Å²) in [4.78, 5) is 15.2. The molecule has 90 valence electrons. The standard InChI is InChI=1S/C14H18N2O/c1-3-10(2)9-16-14(17)12-5-4-6-13-11(12)7-8-15-13/h4-8,10,15H,3,9H2,1-2H3,(H,16,17). The Hall–Kier alpha value is -1.77. The van der Waals surface area contributed by atoms with Crippen molar-refractivity contribution in [3.63, 3.8) is 0 Å². The van der Waals surface area contributed by atoms with E-state index in [0.29, 0.717) is 5.92 Å². The Labute approximate surface area is 101 Å². The summed E-state index contributed by atoms with van der Waals surface area (Å²) in [6.45, 7) is 5.00. The molecule has 0 spiro atoms. The second kappa shape index (κ2) is 5.04. The average molecular weight is 230 g/mol. The van der Waals surface area contributed by atoms with Crippen LogP contribution in [-0.2, 0) is 0 Å². The molecule has 0 saturated carbocycles. The van der Waals surface area contributed by atoms with Crippen molar-refractivity contribution in [3.8, 4) is 0 Å². The number of amides is 1. The van der Waals surface area contributed by atoms with Crippen LogP contribution in [0.15, 0.2) is 30.5 Å². The average Bonchev–Trinajstić information content (AvgIpc) is 2.83. The minimum absolute atomic E-state index is 0.00972. The first-order valence-corrected chi connectivity index (χ1v) is 6.06. The van der Waals surface area contributed by atoms with Crippen LogP contribution in [0.3, 0.4) is 0 Å². The summed E-state index contributed by atoms with van der Waals surface area (Å²) in [5, 5.41) is 3.96. The van der Waals surface area contributed by atoms with Crippen molar-refractivity contribution >= 4 is 16.8 Å². The van der Waals surface area contributed by atoms with Gasteiger partial charge in [-0.05, 0) is 24.1 Å². The summed E-state index contributed by atoms with van der Waals surface area (Å²) < 4.78 is 0. The molecule has 2 N–H and O–H groups in total. The highest BCUT2D eigenvalue weighted by atomic mass is 16.1. The molecule has 17 heavy (non-hydrogen) atoms. The minimum Gasteiger partial charge on any atom is -0.361 e. The van der Waals surface area contributed by atoms with E-state index in [2.05, 4.69) is 24.1 Å². The number of carbonyl (C=O) groups excluding carboxylic acids is 1. The van der Waals surface area contributed by atoms with Crippen LogP contribution in [0.4, 0.5) is 0 Å². The Morgan fingerprint density at radius 3 is 3.00 bits per heavy atom. The number of aromatic amines is 1. The second-order valence-corrected chi connectivity index (χ2v) is 4.47. The lowest BCUT2D eigenvalue weighted by atomic mass is 10.1. The van der Waals surface area contributed by atoms with Crippen LogP contribution in [0.2, 0.25) is 0 Å². The topological polar surface area (TPSA) is 44.9 Å². The molecule has 0 aliphatic rings. The summed E-state index contributed by atoms with van der Waals surface area (Å²) in [6, 6.07) is 7.67. The number of benzene rings is 1. The highest BCUT2D eigenvalue weighted by Gasteiger charge is 2.10. The molecule has 1 aromatic heterocycles. The molecule has 1 atom stereocenters. The lowest BCUT2D eigenvalue weighted by Gasteiger charge is -2.10. The third-order valence-electron chi connectivity index (χ3n) is 3.15. The number of rotatable bonds is 4. The Bertz CT molecular complexity index is 516. The zero-order chi connectivity index (χ0) is 12.3. The van der Waals surface area contributed by atoms with E-state index in [-0.39, 0.29) is 5.91 Å². The van der Waals surface area contributed by atoms with E-state index >= 15 is 0 Å². The molecule has 0 radical (unpaired) electrons. The maximum atomic E-state index is 12.1. The number of hydrogen-bond donors (Lipinski definition) is 2. The van der Waals surface area contributed by atoms with Gasteiger partial charge in [0.25, 0.3) is 5.91 Å². The molecular weight excluding hydrogens is 212 g/mol. The van der Waals surface area contributed by atoms with Crippen LogP contribution in [0, 0.1) is 5.92 Å². The van der Waals surface area contributed by atoms with Crippen LogP contribution in [0.5, 0.6) is 0 Å². The smallest absolute Gasteiger partial charge is 0.251 e. The Balaban J connectivity index is 2.16. The molecule has 1 amide bonds. The van der Waals surface area contributed by atoms with E-state index in [4.69, 9.17) is 0 Å². The molecule has 0 aliphatic heterocycles. The SMILES string of the molecule is CCC(C)CNC(=O)c1cccc2[nH]ccc12. The van der Waals surface area contributed by atoms with Gasteiger partial charge >= 0.3 is 0 Å². The Kier molecular flexibility index (Phi) is 3.47. The van der Waals surface area contributed by atoms with Gasteiger partial charge in [0.2, 0.25) is 0 Å². The summed E-state index contributed by atoms with van der Waals surface area (Å²) in [6.07, 6.45) is 2.94.